The number of oxime groups is 1. The average molecular weight is 928 g/mol. The first-order valence-corrected chi connectivity index (χ1v) is 25.7. The van der Waals surface area contributed by atoms with Crippen LogP contribution in [0.3, 0.4) is 0 Å². The highest BCUT2D eigenvalue weighted by molar-refractivity contribution is 9.10. The number of hydrogen-bond acceptors (Lipinski definition) is 11. The highest BCUT2D eigenvalue weighted by Gasteiger charge is 2.30. The maximum atomic E-state index is 13.5. The van der Waals surface area contributed by atoms with Gasteiger partial charge in [0.2, 0.25) is 0 Å². The molecule has 11 nitrogen and oxygen atoms in total. The molecule has 0 amide bonds. The molecule has 0 aliphatic heterocycles. The summed E-state index contributed by atoms with van der Waals surface area (Å²) in [5.74, 6) is -0.835. The molecule has 0 spiro atoms. The Labute approximate surface area is 372 Å². The first kappa shape index (κ1) is 55.7. The van der Waals surface area contributed by atoms with E-state index in [-0.39, 0.29) is 51.7 Å². The van der Waals surface area contributed by atoms with Gasteiger partial charge in [0, 0.05) is 17.3 Å². The lowest BCUT2D eigenvalue weighted by Crippen LogP contribution is -2.29. The summed E-state index contributed by atoms with van der Waals surface area (Å²) >= 11 is 3.39. The Morgan fingerprint density at radius 1 is 0.633 bits per heavy atom. The van der Waals surface area contributed by atoms with E-state index in [0.717, 1.165) is 48.6 Å². The maximum absolute atomic E-state index is 13.5. The van der Waals surface area contributed by atoms with E-state index in [9.17, 15) is 14.2 Å². The number of phosphoric acid groups is 1. The Balaban J connectivity index is 2.56. The van der Waals surface area contributed by atoms with Crippen LogP contribution in [0.2, 0.25) is 0 Å². The van der Waals surface area contributed by atoms with Crippen molar-refractivity contribution in [3.8, 4) is 6.07 Å². The predicted octanol–water partition coefficient (Wildman–Crippen LogP) is 14.3. The number of rotatable bonds is 43. The van der Waals surface area contributed by atoms with Crippen LogP contribution in [0.4, 0.5) is 0 Å². The van der Waals surface area contributed by atoms with E-state index in [2.05, 4.69) is 34.9 Å². The molecule has 60 heavy (non-hydrogen) atoms. The fourth-order valence-electron chi connectivity index (χ4n) is 6.57. The molecule has 0 saturated carbocycles. The largest absolute Gasteiger partial charge is 0.475 e. The Bertz CT molecular complexity index is 1290. The van der Waals surface area contributed by atoms with Crippen molar-refractivity contribution in [1.82, 2.24) is 0 Å². The normalized spacial score (nSPS) is 12.9. The summed E-state index contributed by atoms with van der Waals surface area (Å²) in [4.78, 5) is 30.8. The van der Waals surface area contributed by atoms with Crippen molar-refractivity contribution in [2.45, 2.75) is 206 Å². The van der Waals surface area contributed by atoms with Crippen molar-refractivity contribution in [2.24, 2.45) is 5.16 Å². The molecule has 13 heteroatoms. The summed E-state index contributed by atoms with van der Waals surface area (Å²) in [6.45, 7) is 3.38. The first-order valence-electron chi connectivity index (χ1n) is 23.5. The fourth-order valence-corrected chi connectivity index (χ4v) is 8.02. The molecule has 0 aliphatic carbocycles. The van der Waals surface area contributed by atoms with Gasteiger partial charge in [0.1, 0.15) is 13.2 Å². The lowest BCUT2D eigenvalue weighted by molar-refractivity contribution is -0.161. The van der Waals surface area contributed by atoms with Gasteiger partial charge in [-0.3, -0.25) is 23.2 Å². The van der Waals surface area contributed by atoms with Crippen molar-refractivity contribution in [1.29, 1.82) is 5.26 Å². The Morgan fingerprint density at radius 3 is 1.57 bits per heavy atom. The Morgan fingerprint density at radius 2 is 1.08 bits per heavy atom. The number of nitriles is 1. The zero-order valence-electron chi connectivity index (χ0n) is 37.4. The van der Waals surface area contributed by atoms with Crippen LogP contribution >= 0.6 is 23.8 Å². The van der Waals surface area contributed by atoms with E-state index < -0.39 is 26.5 Å². The SMILES string of the molecule is CCCCCCCCCCCCCCCC(=O)OC[C@H](COP(=O)(OCCC#N)OCCO/N=C/c1ccc(Br)cc1)OC(=O)CCCCCCCCCCCCCCC. The molecule has 0 aliphatic rings. The molecule has 1 unspecified atom stereocenters. The smallest absolute Gasteiger partial charge is 0.462 e. The number of nitrogens with zero attached hydrogens (tertiary/aromatic N) is 2. The molecule has 1 rings (SSSR count). The third-order valence-electron chi connectivity index (χ3n) is 10.1. The molecule has 0 fully saturated rings. The average Bonchev–Trinajstić information content (AvgIpc) is 3.24. The van der Waals surface area contributed by atoms with Gasteiger partial charge < -0.3 is 14.3 Å². The number of unbranched alkanes of at least 4 members (excludes halogenated alkanes) is 24. The van der Waals surface area contributed by atoms with Gasteiger partial charge in [0.25, 0.3) is 0 Å². The lowest BCUT2D eigenvalue weighted by atomic mass is 10.0. The number of benzene rings is 1. The molecule has 1 aromatic rings. The quantitative estimate of drug-likeness (QED) is 0.0204. The van der Waals surface area contributed by atoms with Crippen molar-refractivity contribution >= 4 is 41.9 Å². The molecule has 1 aromatic carbocycles. The van der Waals surface area contributed by atoms with Crippen LogP contribution in [0, 0.1) is 11.3 Å². The van der Waals surface area contributed by atoms with Crippen LogP contribution < -0.4 is 0 Å². The highest BCUT2D eigenvalue weighted by Crippen LogP contribution is 2.49. The number of carbonyl (C=O) groups is 2. The van der Waals surface area contributed by atoms with Gasteiger partial charge in [0.05, 0.1) is 38.5 Å². The third kappa shape index (κ3) is 35.3. The van der Waals surface area contributed by atoms with Crippen molar-refractivity contribution in [3.63, 3.8) is 0 Å². The topological polar surface area (TPSA) is 143 Å². The number of ether oxygens (including phenoxy) is 2. The summed E-state index contributed by atoms with van der Waals surface area (Å²) in [6, 6.07) is 9.41. The van der Waals surface area contributed by atoms with E-state index in [0.29, 0.717) is 6.42 Å². The van der Waals surface area contributed by atoms with Gasteiger partial charge in [-0.2, -0.15) is 5.26 Å². The van der Waals surface area contributed by atoms with E-state index in [1.54, 1.807) is 0 Å². The van der Waals surface area contributed by atoms with E-state index in [4.69, 9.17) is 33.1 Å². The molecule has 0 saturated heterocycles. The second-order valence-electron chi connectivity index (χ2n) is 15.7. The molecule has 0 bridgehead atoms. The molecule has 0 N–H and O–H groups in total. The fraction of sp³-hybridized carbons (Fsp3) is 0.787. The van der Waals surface area contributed by atoms with Crippen LogP contribution in [0.1, 0.15) is 206 Å². The minimum absolute atomic E-state index is 0.0426. The van der Waals surface area contributed by atoms with Gasteiger partial charge in [0.15, 0.2) is 6.10 Å². The number of esters is 2. The lowest BCUT2D eigenvalue weighted by Gasteiger charge is -2.22. The highest BCUT2D eigenvalue weighted by atomic mass is 79.9. The molecule has 2 atom stereocenters. The summed E-state index contributed by atoms with van der Waals surface area (Å²) in [6.07, 6.45) is 32.3. The van der Waals surface area contributed by atoms with Gasteiger partial charge in [-0.15, -0.1) is 0 Å². The van der Waals surface area contributed by atoms with Crippen molar-refractivity contribution in [2.75, 3.05) is 33.0 Å². The number of phosphoric ester groups is 1. The second kappa shape index (κ2) is 40.8. The zero-order valence-corrected chi connectivity index (χ0v) is 39.9. The maximum Gasteiger partial charge on any atom is 0.475 e. The first-order chi connectivity index (χ1) is 29.3. The Kier molecular flexibility index (Phi) is 37.9. The number of halogens is 1. The summed E-state index contributed by atoms with van der Waals surface area (Å²) in [5, 5.41) is 12.9. The zero-order chi connectivity index (χ0) is 43.6. The molecule has 0 heterocycles. The molecular weight excluding hydrogens is 847 g/mol. The van der Waals surface area contributed by atoms with Crippen LogP contribution in [0.15, 0.2) is 33.9 Å². The van der Waals surface area contributed by atoms with Gasteiger partial charge in [-0.05, 0) is 30.5 Å². The minimum Gasteiger partial charge on any atom is -0.462 e. The summed E-state index contributed by atoms with van der Waals surface area (Å²) in [7, 11) is -4.22. The van der Waals surface area contributed by atoms with E-state index in [1.807, 2.05) is 30.3 Å². The van der Waals surface area contributed by atoms with Crippen LogP contribution in [-0.2, 0) is 42.0 Å². The second-order valence-corrected chi connectivity index (χ2v) is 18.3. The number of hydrogen-bond donors (Lipinski definition) is 0. The van der Waals surface area contributed by atoms with Gasteiger partial charge in [-0.25, -0.2) is 4.57 Å². The summed E-state index contributed by atoms with van der Waals surface area (Å²) < 4.78 is 42.1. The molecular formula is C47H80BrN2O9P. The van der Waals surface area contributed by atoms with Crippen LogP contribution in [0.5, 0.6) is 0 Å². The Hall–Kier alpha value is -2.29. The van der Waals surface area contributed by atoms with E-state index >= 15 is 0 Å². The van der Waals surface area contributed by atoms with Crippen LogP contribution in [-0.4, -0.2) is 57.3 Å². The van der Waals surface area contributed by atoms with Crippen LogP contribution in [0.25, 0.3) is 0 Å². The number of carbonyl (C=O) groups excluding carboxylic acids is 2. The standard InChI is InChI=1S/C47H80BrN2O9P/c1-3-5-7-9-11-13-15-17-19-21-23-25-27-30-46(51)54-41-45(59-47(52)31-28-26-24-22-20-18-16-14-12-10-8-6-4-2)42-58-60(53,56-37-29-36-49)57-39-38-55-50-40-43-32-34-44(48)35-33-43/h32-35,40,45H,3-31,37-39,41-42H2,1-2H3/b50-40+/t45-,60?/m1/s1. The predicted molar refractivity (Wildman–Crippen MR) is 245 cm³/mol. The third-order valence-corrected chi connectivity index (χ3v) is 12.1. The minimum atomic E-state index is -4.22. The molecule has 0 radical (unpaired) electrons. The van der Waals surface area contributed by atoms with Crippen molar-refractivity contribution < 1.29 is 42.0 Å². The molecule has 344 valence electrons. The van der Waals surface area contributed by atoms with Crippen molar-refractivity contribution in [3.05, 3.63) is 34.3 Å². The van der Waals surface area contributed by atoms with Gasteiger partial charge >= 0.3 is 19.8 Å². The molecule has 0 aromatic heterocycles. The monoisotopic (exact) mass is 926 g/mol. The summed E-state index contributed by atoms with van der Waals surface area (Å²) in [5.41, 5.74) is 0.827. The van der Waals surface area contributed by atoms with E-state index in [1.165, 1.54) is 128 Å². The van der Waals surface area contributed by atoms with Gasteiger partial charge in [-0.1, -0.05) is 201 Å².